The van der Waals surface area contributed by atoms with E-state index in [0.29, 0.717) is 10.6 Å². The van der Waals surface area contributed by atoms with E-state index < -0.39 is 6.04 Å². The molecule has 2 nitrogen and oxygen atoms in total. The zero-order chi connectivity index (χ0) is 14.4. The molecule has 1 aliphatic rings. The van der Waals surface area contributed by atoms with Gasteiger partial charge in [0.1, 0.15) is 5.82 Å². The first-order valence-corrected chi connectivity index (χ1v) is 6.91. The highest BCUT2D eigenvalue weighted by Gasteiger charge is 2.48. The number of benzene rings is 1. The van der Waals surface area contributed by atoms with Crippen LogP contribution >= 0.6 is 11.6 Å². The maximum Gasteiger partial charge on any atom is 0.129 e. The minimum absolute atomic E-state index is 0.0678. The molecule has 0 radical (unpaired) electrons. The summed E-state index contributed by atoms with van der Waals surface area (Å²) < 4.78 is 20.0. The van der Waals surface area contributed by atoms with Crippen LogP contribution in [0.4, 0.5) is 4.39 Å². The third-order valence-electron chi connectivity index (χ3n) is 3.90. The Morgan fingerprint density at radius 2 is 2.00 bits per heavy atom. The van der Waals surface area contributed by atoms with Crippen LogP contribution in [0.25, 0.3) is 0 Å². The third-order valence-corrected chi connectivity index (χ3v) is 4.13. The molecule has 0 spiro atoms. The number of hydrogen-bond acceptors (Lipinski definition) is 2. The first kappa shape index (κ1) is 14.8. The third kappa shape index (κ3) is 2.93. The molecule has 2 atom stereocenters. The summed E-state index contributed by atoms with van der Waals surface area (Å²) in [5.74, 6) is -0.279. The second-order valence-electron chi connectivity index (χ2n) is 6.47. The molecule has 0 aliphatic carbocycles. The van der Waals surface area contributed by atoms with Crippen molar-refractivity contribution in [1.29, 1.82) is 0 Å². The van der Waals surface area contributed by atoms with Gasteiger partial charge in [0, 0.05) is 22.5 Å². The number of rotatable bonds is 2. The predicted octanol–water partition coefficient (Wildman–Crippen LogP) is 4.07. The fraction of sp³-hybridized carbons (Fsp3) is 0.600. The van der Waals surface area contributed by atoms with Crippen molar-refractivity contribution in [2.45, 2.75) is 51.4 Å². The number of hydrogen-bond donors (Lipinski definition) is 1. The van der Waals surface area contributed by atoms with Crippen LogP contribution in [0, 0.1) is 11.7 Å². The zero-order valence-electron chi connectivity index (χ0n) is 11.8. The Bertz CT molecular complexity index is 487. The first-order valence-electron chi connectivity index (χ1n) is 6.53. The normalized spacial score (nSPS) is 26.4. The average Bonchev–Trinajstić information content (AvgIpc) is 2.45. The predicted molar refractivity (Wildman–Crippen MR) is 75.7 cm³/mol. The SMILES string of the molecule is CC1(C)CC(C(N)c2ccc(Cl)cc2F)C(C)(C)O1. The lowest BCUT2D eigenvalue weighted by molar-refractivity contribution is -0.0768. The van der Waals surface area contributed by atoms with Crippen molar-refractivity contribution in [3.05, 3.63) is 34.6 Å². The topological polar surface area (TPSA) is 35.2 Å². The quantitative estimate of drug-likeness (QED) is 0.889. The molecule has 4 heteroatoms. The van der Waals surface area contributed by atoms with E-state index in [0.717, 1.165) is 6.42 Å². The molecule has 1 aromatic carbocycles. The van der Waals surface area contributed by atoms with Crippen molar-refractivity contribution in [1.82, 2.24) is 0 Å². The summed E-state index contributed by atoms with van der Waals surface area (Å²) in [7, 11) is 0. The molecule has 106 valence electrons. The highest BCUT2D eigenvalue weighted by molar-refractivity contribution is 6.30. The van der Waals surface area contributed by atoms with Crippen molar-refractivity contribution in [2.24, 2.45) is 11.7 Å². The van der Waals surface area contributed by atoms with Gasteiger partial charge in [-0.1, -0.05) is 17.7 Å². The molecule has 1 saturated heterocycles. The van der Waals surface area contributed by atoms with Gasteiger partial charge in [0.15, 0.2) is 0 Å². The van der Waals surface area contributed by atoms with E-state index in [1.807, 2.05) is 27.7 Å². The fourth-order valence-electron chi connectivity index (χ4n) is 3.15. The number of nitrogens with two attached hydrogens (primary N) is 1. The molecule has 1 fully saturated rings. The smallest absolute Gasteiger partial charge is 0.129 e. The molecule has 0 amide bonds. The second-order valence-corrected chi connectivity index (χ2v) is 6.90. The molecule has 2 N–H and O–H groups in total. The first-order chi connectivity index (χ1) is 8.62. The van der Waals surface area contributed by atoms with Gasteiger partial charge < -0.3 is 10.5 Å². The van der Waals surface area contributed by atoms with Gasteiger partial charge in [-0.15, -0.1) is 0 Å². The molecular formula is C15H21ClFNO. The highest BCUT2D eigenvalue weighted by Crippen LogP contribution is 2.47. The molecule has 2 unspecified atom stereocenters. The van der Waals surface area contributed by atoms with E-state index in [2.05, 4.69) is 0 Å². The number of halogens is 2. The Hall–Kier alpha value is -0.640. The Balaban J connectivity index is 2.31. The summed E-state index contributed by atoms with van der Waals surface area (Å²) in [6.45, 7) is 8.11. The van der Waals surface area contributed by atoms with E-state index in [1.54, 1.807) is 12.1 Å². The van der Waals surface area contributed by atoms with Crippen molar-refractivity contribution < 1.29 is 9.13 Å². The summed E-state index contributed by atoms with van der Waals surface area (Å²) in [6, 6.07) is 4.26. The van der Waals surface area contributed by atoms with Gasteiger partial charge in [-0.25, -0.2) is 4.39 Å². The molecule has 0 bridgehead atoms. The van der Waals surface area contributed by atoms with Crippen molar-refractivity contribution in [3.8, 4) is 0 Å². The van der Waals surface area contributed by atoms with Crippen LogP contribution in [-0.4, -0.2) is 11.2 Å². The summed E-state index contributed by atoms with van der Waals surface area (Å²) >= 11 is 5.78. The second kappa shape index (κ2) is 4.72. The van der Waals surface area contributed by atoms with Crippen molar-refractivity contribution in [3.63, 3.8) is 0 Å². The summed E-state index contributed by atoms with van der Waals surface area (Å²) in [4.78, 5) is 0. The molecule has 1 aliphatic heterocycles. The highest BCUT2D eigenvalue weighted by atomic mass is 35.5. The largest absolute Gasteiger partial charge is 0.369 e. The molecular weight excluding hydrogens is 265 g/mol. The van der Waals surface area contributed by atoms with E-state index in [9.17, 15) is 4.39 Å². The minimum atomic E-state index is -0.394. The minimum Gasteiger partial charge on any atom is -0.369 e. The van der Waals surface area contributed by atoms with E-state index in [-0.39, 0.29) is 22.9 Å². The Kier molecular flexibility index (Phi) is 3.67. The van der Waals surface area contributed by atoms with Gasteiger partial charge in [0.05, 0.1) is 11.2 Å². The van der Waals surface area contributed by atoms with Gasteiger partial charge in [-0.05, 0) is 46.2 Å². The molecule has 1 heterocycles. The van der Waals surface area contributed by atoms with Crippen LogP contribution in [0.15, 0.2) is 18.2 Å². The molecule has 0 aromatic heterocycles. The fourth-order valence-corrected chi connectivity index (χ4v) is 3.31. The molecule has 2 rings (SSSR count). The Morgan fingerprint density at radius 3 is 2.47 bits per heavy atom. The maximum absolute atomic E-state index is 14.0. The van der Waals surface area contributed by atoms with E-state index in [1.165, 1.54) is 6.07 Å². The molecule has 0 saturated carbocycles. The van der Waals surface area contributed by atoms with Gasteiger partial charge in [-0.2, -0.15) is 0 Å². The molecule has 19 heavy (non-hydrogen) atoms. The van der Waals surface area contributed by atoms with Gasteiger partial charge in [0.25, 0.3) is 0 Å². The van der Waals surface area contributed by atoms with Crippen LogP contribution in [0.3, 0.4) is 0 Å². The molecule has 1 aromatic rings. The van der Waals surface area contributed by atoms with Crippen LogP contribution in [0.1, 0.15) is 45.7 Å². The number of ether oxygens (including phenoxy) is 1. The Labute approximate surface area is 119 Å². The standard InChI is InChI=1S/C15H21ClFNO/c1-14(2)8-11(15(3,4)19-14)13(18)10-6-5-9(16)7-12(10)17/h5-7,11,13H,8,18H2,1-4H3. The van der Waals surface area contributed by atoms with Crippen LogP contribution in [-0.2, 0) is 4.74 Å². The Morgan fingerprint density at radius 1 is 1.37 bits per heavy atom. The lowest BCUT2D eigenvalue weighted by Crippen LogP contribution is -2.36. The van der Waals surface area contributed by atoms with Crippen LogP contribution in [0.2, 0.25) is 5.02 Å². The lowest BCUT2D eigenvalue weighted by atomic mass is 9.79. The van der Waals surface area contributed by atoms with Gasteiger partial charge in [-0.3, -0.25) is 0 Å². The summed E-state index contributed by atoms with van der Waals surface area (Å²) in [5, 5.41) is 0.385. The van der Waals surface area contributed by atoms with E-state index in [4.69, 9.17) is 22.1 Å². The van der Waals surface area contributed by atoms with Crippen molar-refractivity contribution >= 4 is 11.6 Å². The summed E-state index contributed by atoms with van der Waals surface area (Å²) in [5.41, 5.74) is 6.19. The van der Waals surface area contributed by atoms with Gasteiger partial charge in [0.2, 0.25) is 0 Å². The summed E-state index contributed by atoms with van der Waals surface area (Å²) in [6.07, 6.45) is 0.809. The monoisotopic (exact) mass is 285 g/mol. The van der Waals surface area contributed by atoms with Crippen LogP contribution in [0.5, 0.6) is 0 Å². The zero-order valence-corrected chi connectivity index (χ0v) is 12.6. The lowest BCUT2D eigenvalue weighted by Gasteiger charge is -2.31. The maximum atomic E-state index is 14.0. The average molecular weight is 286 g/mol. The van der Waals surface area contributed by atoms with E-state index >= 15 is 0 Å². The van der Waals surface area contributed by atoms with Crippen molar-refractivity contribution in [2.75, 3.05) is 0 Å². The van der Waals surface area contributed by atoms with Crippen LogP contribution < -0.4 is 5.73 Å². The van der Waals surface area contributed by atoms with Gasteiger partial charge >= 0.3 is 0 Å².